The molecular weight excluding hydrogens is 510 g/mol. The predicted octanol–water partition coefficient (Wildman–Crippen LogP) is 3.77. The summed E-state index contributed by atoms with van der Waals surface area (Å²) in [6, 6.07) is 18.9. The molecule has 1 N–H and O–H groups in total. The molecule has 3 heterocycles. The number of amides is 4. The second kappa shape index (κ2) is 8.84. The first kappa shape index (κ1) is 23.9. The van der Waals surface area contributed by atoms with E-state index in [2.05, 4.69) is 10.2 Å². The van der Waals surface area contributed by atoms with Crippen LogP contribution in [0, 0.1) is 15.5 Å². The number of barbiturate groups is 1. The van der Waals surface area contributed by atoms with Gasteiger partial charge in [0.1, 0.15) is 0 Å². The largest absolute Gasteiger partial charge is 0.368 e. The minimum Gasteiger partial charge on any atom is -0.368 e. The monoisotopic (exact) mass is 531 g/mol. The van der Waals surface area contributed by atoms with Crippen LogP contribution in [0.2, 0.25) is 5.02 Å². The molecule has 0 aromatic heterocycles. The van der Waals surface area contributed by atoms with Crippen LogP contribution in [0.4, 0.5) is 27.5 Å². The normalized spacial score (nSPS) is 22.7. The van der Waals surface area contributed by atoms with Crippen molar-refractivity contribution in [1.29, 1.82) is 0 Å². The molecule has 11 heteroatoms. The van der Waals surface area contributed by atoms with Gasteiger partial charge in [-0.3, -0.25) is 25.0 Å². The molecule has 0 aliphatic carbocycles. The Morgan fingerprint density at radius 3 is 2.39 bits per heavy atom. The lowest BCUT2D eigenvalue weighted by molar-refractivity contribution is -0.384. The van der Waals surface area contributed by atoms with E-state index in [0.717, 1.165) is 16.3 Å². The standard InChI is InChI=1S/C27H22ClN5O5/c28-18-6-8-20(9-7-18)32-25(35)27(24(34)29-26(32)36)15-17-14-21(33(37)38)10-11-22(17)31-13-12-30(16-23(27)31)19-4-2-1-3-5-19/h1-11,14,23H,12-13,15-16H2,(H,29,34,36)/t23-,27+/m0/s1. The third kappa shape index (κ3) is 3.59. The van der Waals surface area contributed by atoms with Crippen LogP contribution in [-0.4, -0.2) is 48.4 Å². The molecule has 0 saturated carbocycles. The molecule has 3 aliphatic rings. The molecule has 192 valence electrons. The number of anilines is 3. The number of hydrogen-bond acceptors (Lipinski definition) is 7. The highest BCUT2D eigenvalue weighted by Gasteiger charge is 2.63. The fraction of sp³-hybridized carbons (Fsp3) is 0.222. The van der Waals surface area contributed by atoms with Crippen molar-refractivity contribution >= 4 is 52.2 Å². The minimum absolute atomic E-state index is 0.0875. The Morgan fingerprint density at radius 1 is 0.947 bits per heavy atom. The summed E-state index contributed by atoms with van der Waals surface area (Å²) in [5.41, 5.74) is 0.645. The zero-order valence-corrected chi connectivity index (χ0v) is 20.8. The molecule has 3 aromatic rings. The number of fused-ring (bicyclic) bond motifs is 4. The summed E-state index contributed by atoms with van der Waals surface area (Å²) >= 11 is 6.03. The van der Waals surface area contributed by atoms with Crippen molar-refractivity contribution in [3.63, 3.8) is 0 Å². The Labute approximate surface area is 222 Å². The van der Waals surface area contributed by atoms with Crippen LogP contribution < -0.4 is 20.0 Å². The van der Waals surface area contributed by atoms with E-state index in [1.807, 2.05) is 35.2 Å². The van der Waals surface area contributed by atoms with E-state index in [-0.39, 0.29) is 17.8 Å². The molecule has 0 bridgehead atoms. The first-order valence-corrected chi connectivity index (χ1v) is 12.5. The molecule has 2 atom stereocenters. The van der Waals surface area contributed by atoms with Gasteiger partial charge < -0.3 is 9.80 Å². The number of nitro groups is 1. The smallest absolute Gasteiger partial charge is 0.335 e. The third-order valence-corrected chi connectivity index (χ3v) is 7.87. The van der Waals surface area contributed by atoms with Crippen molar-refractivity contribution in [2.45, 2.75) is 12.5 Å². The zero-order chi connectivity index (χ0) is 26.6. The average molecular weight is 532 g/mol. The molecule has 10 nitrogen and oxygen atoms in total. The summed E-state index contributed by atoms with van der Waals surface area (Å²) in [5.74, 6) is -1.38. The van der Waals surface area contributed by atoms with Gasteiger partial charge in [-0.05, 0) is 48.0 Å². The zero-order valence-electron chi connectivity index (χ0n) is 20.0. The number of piperazine rings is 1. The maximum absolute atomic E-state index is 14.4. The van der Waals surface area contributed by atoms with Crippen molar-refractivity contribution in [3.05, 3.63) is 93.5 Å². The van der Waals surface area contributed by atoms with Crippen LogP contribution in [0.1, 0.15) is 5.56 Å². The van der Waals surface area contributed by atoms with Gasteiger partial charge in [0.15, 0.2) is 5.41 Å². The number of imide groups is 2. The number of rotatable bonds is 3. The van der Waals surface area contributed by atoms with Gasteiger partial charge in [0.05, 0.1) is 16.7 Å². The molecule has 3 aliphatic heterocycles. The van der Waals surface area contributed by atoms with Gasteiger partial charge in [-0.15, -0.1) is 0 Å². The lowest BCUT2D eigenvalue weighted by atomic mass is 9.67. The molecule has 4 amide bonds. The molecule has 38 heavy (non-hydrogen) atoms. The predicted molar refractivity (Wildman–Crippen MR) is 141 cm³/mol. The number of non-ortho nitro benzene ring substituents is 1. The lowest BCUT2D eigenvalue weighted by Crippen LogP contribution is -2.75. The highest BCUT2D eigenvalue weighted by Crippen LogP contribution is 2.47. The Morgan fingerprint density at radius 2 is 1.68 bits per heavy atom. The van der Waals surface area contributed by atoms with Gasteiger partial charge in [-0.1, -0.05) is 29.8 Å². The quantitative estimate of drug-likeness (QED) is 0.311. The lowest BCUT2D eigenvalue weighted by Gasteiger charge is -2.55. The van der Waals surface area contributed by atoms with Crippen LogP contribution >= 0.6 is 11.6 Å². The molecular formula is C27H22ClN5O5. The van der Waals surface area contributed by atoms with Crippen LogP contribution in [0.15, 0.2) is 72.8 Å². The fourth-order valence-corrected chi connectivity index (χ4v) is 5.95. The minimum atomic E-state index is -1.71. The first-order valence-electron chi connectivity index (χ1n) is 12.1. The number of nitro benzene ring substituents is 1. The van der Waals surface area contributed by atoms with E-state index in [9.17, 15) is 24.5 Å². The Hall–Kier alpha value is -4.44. The van der Waals surface area contributed by atoms with E-state index < -0.39 is 34.2 Å². The van der Waals surface area contributed by atoms with Gasteiger partial charge in [-0.25, -0.2) is 9.69 Å². The highest BCUT2D eigenvalue weighted by atomic mass is 35.5. The van der Waals surface area contributed by atoms with Crippen LogP contribution in [0.25, 0.3) is 0 Å². The number of para-hydroxylation sites is 1. The fourth-order valence-electron chi connectivity index (χ4n) is 5.82. The van der Waals surface area contributed by atoms with Gasteiger partial charge in [0, 0.05) is 54.6 Å². The first-order chi connectivity index (χ1) is 18.3. The van der Waals surface area contributed by atoms with Crippen molar-refractivity contribution in [2.24, 2.45) is 5.41 Å². The van der Waals surface area contributed by atoms with Crippen molar-refractivity contribution < 1.29 is 19.3 Å². The summed E-state index contributed by atoms with van der Waals surface area (Å²) < 4.78 is 0. The average Bonchev–Trinajstić information content (AvgIpc) is 2.92. The number of nitrogens with zero attached hydrogens (tertiary/aromatic N) is 4. The maximum atomic E-state index is 14.4. The van der Waals surface area contributed by atoms with Crippen molar-refractivity contribution in [2.75, 3.05) is 34.3 Å². The summed E-state index contributed by atoms with van der Waals surface area (Å²) in [6.45, 7) is 1.42. The maximum Gasteiger partial charge on any atom is 0.335 e. The number of carbonyl (C=O) groups is 3. The van der Waals surface area contributed by atoms with E-state index in [0.29, 0.717) is 30.2 Å². The molecule has 2 saturated heterocycles. The van der Waals surface area contributed by atoms with Gasteiger partial charge in [-0.2, -0.15) is 0 Å². The van der Waals surface area contributed by atoms with E-state index in [4.69, 9.17) is 11.6 Å². The van der Waals surface area contributed by atoms with E-state index >= 15 is 0 Å². The molecule has 6 rings (SSSR count). The highest BCUT2D eigenvalue weighted by molar-refractivity contribution is 6.32. The number of carbonyl (C=O) groups excluding carboxylic acids is 3. The Kier molecular flexibility index (Phi) is 5.57. The van der Waals surface area contributed by atoms with Crippen molar-refractivity contribution in [1.82, 2.24) is 5.32 Å². The number of benzene rings is 3. The van der Waals surface area contributed by atoms with E-state index in [1.54, 1.807) is 30.3 Å². The van der Waals surface area contributed by atoms with E-state index in [1.165, 1.54) is 12.1 Å². The molecule has 3 aromatic carbocycles. The molecule has 0 radical (unpaired) electrons. The third-order valence-electron chi connectivity index (χ3n) is 7.62. The number of halogens is 1. The number of hydrogen-bond donors (Lipinski definition) is 1. The number of urea groups is 1. The molecule has 0 unspecified atom stereocenters. The summed E-state index contributed by atoms with van der Waals surface area (Å²) in [4.78, 5) is 57.2. The van der Waals surface area contributed by atoms with Crippen LogP contribution in [0.5, 0.6) is 0 Å². The second-order valence-corrected chi connectivity index (χ2v) is 10.0. The Bertz CT molecular complexity index is 1480. The summed E-state index contributed by atoms with van der Waals surface area (Å²) in [7, 11) is 0. The van der Waals surface area contributed by atoms with Gasteiger partial charge in [0.2, 0.25) is 5.91 Å². The topological polar surface area (TPSA) is 116 Å². The summed E-state index contributed by atoms with van der Waals surface area (Å²) in [6.07, 6.45) is -0.0875. The van der Waals surface area contributed by atoms with Gasteiger partial charge in [0.25, 0.3) is 11.6 Å². The van der Waals surface area contributed by atoms with Crippen LogP contribution in [-0.2, 0) is 16.0 Å². The Balaban J connectivity index is 1.50. The van der Waals surface area contributed by atoms with Gasteiger partial charge >= 0.3 is 6.03 Å². The molecule has 1 spiro atoms. The summed E-state index contributed by atoms with van der Waals surface area (Å²) in [5, 5.41) is 14.4. The molecule has 2 fully saturated rings. The SMILES string of the molecule is O=C1NC(=O)[C@]2(Cc3cc([N+](=O)[O-])ccc3N3CCN(c4ccccc4)C[C@H]32)C(=O)N1c1ccc(Cl)cc1. The van der Waals surface area contributed by atoms with Crippen LogP contribution in [0.3, 0.4) is 0 Å². The number of nitrogens with one attached hydrogen (secondary N) is 1. The van der Waals surface area contributed by atoms with Crippen molar-refractivity contribution in [3.8, 4) is 0 Å². The second-order valence-electron chi connectivity index (χ2n) is 9.59.